The van der Waals surface area contributed by atoms with Gasteiger partial charge in [-0.15, -0.1) is 0 Å². The first-order chi connectivity index (χ1) is 3.00. The van der Waals surface area contributed by atoms with Crippen LogP contribution in [-0.4, -0.2) is 0 Å². The van der Waals surface area contributed by atoms with Crippen molar-refractivity contribution in [2.75, 3.05) is 0 Å². The fourth-order valence-corrected chi connectivity index (χ4v) is 0.385. The second-order valence-electron chi connectivity index (χ2n) is 1.15. The Labute approximate surface area is 94.6 Å². The van der Waals surface area contributed by atoms with Crippen molar-refractivity contribution in [3.63, 3.8) is 0 Å². The quantitative estimate of drug-likeness (QED) is 0.524. The molecule has 0 unspecified atom stereocenters. The van der Waals surface area contributed by atoms with Crippen LogP contribution >= 0.6 is 0 Å². The van der Waals surface area contributed by atoms with Gasteiger partial charge in [-0.2, -0.15) is 0 Å². The van der Waals surface area contributed by atoms with E-state index >= 15 is 0 Å². The summed E-state index contributed by atoms with van der Waals surface area (Å²) >= 11 is 0. The van der Waals surface area contributed by atoms with Crippen LogP contribution in [0.4, 0.5) is 0 Å². The van der Waals surface area contributed by atoms with E-state index in [-0.39, 0.29) is 58.0 Å². The van der Waals surface area contributed by atoms with Gasteiger partial charge in [0.05, 0.1) is 0 Å². The van der Waals surface area contributed by atoms with Gasteiger partial charge >= 0.3 is 0 Å². The van der Waals surface area contributed by atoms with E-state index in [4.69, 9.17) is 0 Å². The van der Waals surface area contributed by atoms with Crippen LogP contribution in [0.1, 0.15) is 0 Å². The normalized spacial score (nSPS) is 3.69. The zero-order chi connectivity index (χ0) is 4.24. The van der Waals surface area contributed by atoms with E-state index in [1.165, 1.54) is 0 Å². The van der Waals surface area contributed by atoms with Crippen molar-refractivity contribution in [2.45, 2.75) is 0 Å². The third kappa shape index (κ3) is 33.9. The Bertz CT molecular complexity index is 89.0. The van der Waals surface area contributed by atoms with Crippen molar-refractivity contribution in [3.8, 4) is 0 Å². The second kappa shape index (κ2) is 41.3. The summed E-state index contributed by atoms with van der Waals surface area (Å²) in [5.74, 6) is 0. The van der Waals surface area contributed by atoms with Gasteiger partial charge in [-0.25, -0.2) is 0 Å². The van der Waals surface area contributed by atoms with E-state index in [1.54, 1.807) is 0 Å². The average Bonchev–Trinajstić information content (AvgIpc) is 1.72. The summed E-state index contributed by atoms with van der Waals surface area (Å²) in [6.45, 7) is 0. The zero-order valence-corrected chi connectivity index (χ0v) is 10.3. The van der Waals surface area contributed by atoms with E-state index in [0.29, 0.717) is 0 Å². The van der Waals surface area contributed by atoms with Crippen molar-refractivity contribution in [3.05, 3.63) is 73.3 Å². The monoisotopic (exact) mass is 358 g/mol. The van der Waals surface area contributed by atoms with E-state index in [1.807, 2.05) is 36.4 Å². The molecule has 0 aliphatic rings. The Hall–Kier alpha value is -0.332. The molecule has 13 heavy (non-hydrogen) atoms. The molecule has 0 bridgehead atoms. The standard InChI is InChI=1S/C6H6.6H2N.W/c1-2-4-6-5-3-1;;;;;;;/h1-6H;6*1H2;/q;6*-1;. The molecule has 12 N–H and O–H groups in total. The van der Waals surface area contributed by atoms with Crippen LogP contribution in [0.3, 0.4) is 0 Å². The van der Waals surface area contributed by atoms with E-state index in [9.17, 15) is 0 Å². The number of rotatable bonds is 0. The summed E-state index contributed by atoms with van der Waals surface area (Å²) in [6.07, 6.45) is 0. The molecule has 0 radical (unpaired) electrons. The summed E-state index contributed by atoms with van der Waals surface area (Å²) in [5, 5.41) is 0. The molecule has 0 heterocycles. The molecular formula is C6H18N6W-6. The van der Waals surface area contributed by atoms with Crippen LogP contribution in [0.2, 0.25) is 0 Å². The largest absolute Gasteiger partial charge is 0.693 e. The van der Waals surface area contributed by atoms with Crippen molar-refractivity contribution >= 4 is 0 Å². The SMILES string of the molecule is [NH2-].[NH2-].[NH2-].[NH2-].[NH2-].[NH2-].[W].c1ccccc1. The summed E-state index contributed by atoms with van der Waals surface area (Å²) < 4.78 is 0. The first kappa shape index (κ1) is 53.7. The first-order valence-electron chi connectivity index (χ1n) is 2.00. The van der Waals surface area contributed by atoms with Gasteiger partial charge in [0.15, 0.2) is 0 Å². The van der Waals surface area contributed by atoms with Crippen LogP contribution < -0.4 is 0 Å². The Morgan fingerprint density at radius 3 is 0.462 bits per heavy atom. The van der Waals surface area contributed by atoms with E-state index in [2.05, 4.69) is 0 Å². The summed E-state index contributed by atoms with van der Waals surface area (Å²) in [7, 11) is 0. The number of hydrogen-bond donors (Lipinski definition) is 0. The molecule has 7 heteroatoms. The summed E-state index contributed by atoms with van der Waals surface area (Å²) in [5.41, 5.74) is 0. The molecule has 0 saturated heterocycles. The second-order valence-corrected chi connectivity index (χ2v) is 1.15. The van der Waals surface area contributed by atoms with Crippen LogP contribution in [0.15, 0.2) is 36.4 Å². The molecule has 6 nitrogen and oxygen atoms in total. The minimum absolute atomic E-state index is 0. The maximum Gasteiger partial charge on any atom is 0 e. The van der Waals surface area contributed by atoms with Gasteiger partial charge in [0.2, 0.25) is 0 Å². The first-order valence-corrected chi connectivity index (χ1v) is 2.00. The number of benzene rings is 1. The molecule has 0 amide bonds. The zero-order valence-electron chi connectivity index (χ0n) is 7.34. The molecule has 0 fully saturated rings. The number of nitrogens with two attached hydrogens (primary N) is 6. The molecule has 0 aliphatic heterocycles. The smallest absolute Gasteiger partial charge is 0 e. The van der Waals surface area contributed by atoms with Crippen LogP contribution in [0.25, 0.3) is 36.9 Å². The van der Waals surface area contributed by atoms with Crippen LogP contribution in [-0.2, 0) is 21.1 Å². The molecule has 0 aromatic heterocycles. The topological polar surface area (TPSA) is 201 Å². The Morgan fingerprint density at radius 2 is 0.385 bits per heavy atom. The molecule has 1 aromatic rings. The maximum absolute atomic E-state index is 2.00. The van der Waals surface area contributed by atoms with Gasteiger partial charge in [-0.3, -0.25) is 0 Å². The van der Waals surface area contributed by atoms with Gasteiger partial charge in [0.25, 0.3) is 0 Å². The molecule has 0 aliphatic carbocycles. The molecule has 0 spiro atoms. The molecule has 1 rings (SSSR count). The van der Waals surface area contributed by atoms with E-state index in [0.717, 1.165) is 0 Å². The molecule has 1 aromatic carbocycles. The predicted octanol–water partition coefficient (Wildman–Crippen LogP) is 5.99. The molecular weight excluding hydrogens is 340 g/mol. The molecule has 0 saturated carbocycles. The van der Waals surface area contributed by atoms with Gasteiger partial charge < -0.3 is 36.9 Å². The minimum Gasteiger partial charge on any atom is -0.693 e. The van der Waals surface area contributed by atoms with Crippen molar-refractivity contribution in [1.82, 2.24) is 0 Å². The van der Waals surface area contributed by atoms with Crippen molar-refractivity contribution < 1.29 is 21.1 Å². The Morgan fingerprint density at radius 1 is 0.308 bits per heavy atom. The summed E-state index contributed by atoms with van der Waals surface area (Å²) in [4.78, 5) is 0. The van der Waals surface area contributed by atoms with Crippen molar-refractivity contribution in [1.29, 1.82) is 0 Å². The Kier molecular flexibility index (Phi) is 171. The van der Waals surface area contributed by atoms with Gasteiger partial charge in [0, 0.05) is 21.1 Å². The molecule has 84 valence electrons. The maximum atomic E-state index is 2.00. The van der Waals surface area contributed by atoms with Gasteiger partial charge in [-0.1, -0.05) is 36.4 Å². The van der Waals surface area contributed by atoms with E-state index < -0.39 is 0 Å². The average molecular weight is 358 g/mol. The minimum atomic E-state index is 0. The van der Waals surface area contributed by atoms with Crippen molar-refractivity contribution in [2.24, 2.45) is 0 Å². The third-order valence-corrected chi connectivity index (χ3v) is 0.667. The summed E-state index contributed by atoms with van der Waals surface area (Å²) in [6, 6.07) is 12.0. The number of hydrogen-bond acceptors (Lipinski definition) is 0. The van der Waals surface area contributed by atoms with Gasteiger partial charge in [0.1, 0.15) is 0 Å². The van der Waals surface area contributed by atoms with Crippen LogP contribution in [0.5, 0.6) is 0 Å². The van der Waals surface area contributed by atoms with Crippen LogP contribution in [0, 0.1) is 0 Å². The molecule has 0 atom stereocenters. The third-order valence-electron chi connectivity index (χ3n) is 0.667. The fraction of sp³-hybridized carbons (Fsp3) is 0. The Balaban J connectivity index is -0.0000000103. The fourth-order valence-electron chi connectivity index (χ4n) is 0.385. The predicted molar refractivity (Wildman–Crippen MR) is 58.1 cm³/mol. The van der Waals surface area contributed by atoms with Gasteiger partial charge in [-0.05, 0) is 0 Å².